The number of thiazole rings is 2. The lowest BCUT2D eigenvalue weighted by Gasteiger charge is -2.32. The van der Waals surface area contributed by atoms with E-state index in [1.807, 2.05) is 48.5 Å². The molecule has 8 rings (SSSR count). The maximum atomic E-state index is 9.82. The Labute approximate surface area is 321 Å². The molecule has 5 heterocycles. The van der Waals surface area contributed by atoms with Gasteiger partial charge in [0.15, 0.2) is 0 Å². The minimum atomic E-state index is -0.559. The van der Waals surface area contributed by atoms with Gasteiger partial charge in [-0.1, -0.05) is 48.5 Å². The van der Waals surface area contributed by atoms with Crippen molar-refractivity contribution in [2.45, 2.75) is 25.0 Å². The second-order valence-electron chi connectivity index (χ2n) is 12.6. The fraction of sp³-hybridized carbons (Fsp3) is 0.250. The fourth-order valence-corrected chi connectivity index (χ4v) is 7.92. The molecule has 14 heteroatoms. The number of rotatable bonds is 10. The molecule has 2 unspecified atom stereocenters. The molecule has 1 fully saturated rings. The molecule has 1 aliphatic rings. The number of fused-ring (bicyclic) bond motifs is 2. The normalized spacial score (nSPS) is 14.4. The highest BCUT2D eigenvalue weighted by Gasteiger charge is 2.22. The van der Waals surface area contributed by atoms with E-state index >= 15 is 0 Å². The number of hydrogen-bond donors (Lipinski definition) is 0. The molecule has 54 heavy (non-hydrogen) atoms. The fourth-order valence-electron chi connectivity index (χ4n) is 5.87. The van der Waals surface area contributed by atoms with E-state index in [1.54, 1.807) is 24.5 Å². The third-order valence-electron chi connectivity index (χ3n) is 8.85. The first-order valence-corrected chi connectivity index (χ1v) is 18.9. The topological polar surface area (TPSA) is 150 Å². The smallest absolute Gasteiger partial charge is 0.316 e. The molecule has 0 N–H and O–H groups in total. The Morgan fingerprint density at radius 3 is 1.72 bits per heavy atom. The minimum absolute atomic E-state index is 0.254. The quantitative estimate of drug-likeness (QED) is 0.144. The van der Waals surface area contributed by atoms with Gasteiger partial charge in [-0.25, -0.2) is 19.9 Å². The second kappa shape index (κ2) is 17.3. The van der Waals surface area contributed by atoms with E-state index in [0.29, 0.717) is 18.0 Å². The predicted molar refractivity (Wildman–Crippen MR) is 208 cm³/mol. The van der Waals surface area contributed by atoms with Crippen molar-refractivity contribution in [3.8, 4) is 24.2 Å². The lowest BCUT2D eigenvalue weighted by Crippen LogP contribution is -2.43. The Balaban J connectivity index is 0.000000191. The average Bonchev–Trinajstić information content (AvgIpc) is 3.84. The van der Waals surface area contributed by atoms with E-state index in [-0.39, 0.29) is 12.0 Å². The number of ether oxygens (including phenoxy) is 2. The third-order valence-corrected chi connectivity index (χ3v) is 11.1. The average molecular weight is 753 g/mol. The van der Waals surface area contributed by atoms with E-state index in [9.17, 15) is 10.5 Å². The van der Waals surface area contributed by atoms with Gasteiger partial charge >= 0.3 is 12.0 Å². The zero-order valence-corrected chi connectivity index (χ0v) is 31.4. The maximum absolute atomic E-state index is 9.82. The summed E-state index contributed by atoms with van der Waals surface area (Å²) in [6.45, 7) is 5.80. The van der Waals surface area contributed by atoms with Crippen molar-refractivity contribution in [1.82, 2.24) is 39.7 Å². The van der Waals surface area contributed by atoms with Gasteiger partial charge in [0, 0.05) is 45.1 Å². The predicted octanol–water partition coefficient (Wildman–Crippen LogP) is 6.82. The number of likely N-dealkylation sites (N-methyl/N-ethyl adjacent to an activating group) is 1. The third kappa shape index (κ3) is 8.82. The van der Waals surface area contributed by atoms with Crippen LogP contribution >= 0.6 is 22.7 Å². The van der Waals surface area contributed by atoms with E-state index in [2.05, 4.69) is 83.2 Å². The molecular weight excluding hydrogens is 717 g/mol. The van der Waals surface area contributed by atoms with Crippen LogP contribution in [0.1, 0.15) is 44.4 Å². The summed E-state index contributed by atoms with van der Waals surface area (Å²) in [5.74, 6) is -1.07. The summed E-state index contributed by atoms with van der Waals surface area (Å²) in [7, 11) is 3.67. The Bertz CT molecular complexity index is 2350. The molecule has 0 aliphatic carbocycles. The van der Waals surface area contributed by atoms with Crippen LogP contribution in [-0.2, 0) is 13.2 Å². The molecule has 4 aromatic heterocycles. The molecule has 0 amide bonds. The highest BCUT2D eigenvalue weighted by atomic mass is 32.1. The minimum Gasteiger partial charge on any atom is -0.467 e. The Hall–Kier alpha value is -5.90. The van der Waals surface area contributed by atoms with Gasteiger partial charge in [-0.2, -0.15) is 20.5 Å². The summed E-state index contributed by atoms with van der Waals surface area (Å²) in [4.78, 5) is 30.9. The summed E-state index contributed by atoms with van der Waals surface area (Å²) in [6.07, 6.45) is 3.22. The van der Waals surface area contributed by atoms with Gasteiger partial charge in [0.1, 0.15) is 28.5 Å². The van der Waals surface area contributed by atoms with E-state index in [0.717, 1.165) is 68.7 Å². The zero-order chi connectivity index (χ0) is 37.3. The molecular formula is C40H36N10O2S2. The SMILES string of the molecule is CN1CCN(Cc2ccc(COc3nccc(C(C#N)c4nc5ccccc5s4)n3)cc2)CC1.COc1nccc(C(C#N)c2nc3ccccc3s2)n1. The van der Waals surface area contributed by atoms with Crippen molar-refractivity contribution in [3.05, 3.63) is 130 Å². The van der Waals surface area contributed by atoms with Gasteiger partial charge in [0.2, 0.25) is 0 Å². The number of para-hydroxylation sites is 2. The summed E-state index contributed by atoms with van der Waals surface area (Å²) < 4.78 is 13.0. The van der Waals surface area contributed by atoms with Gasteiger partial charge in [-0.3, -0.25) is 4.90 Å². The van der Waals surface area contributed by atoms with Crippen molar-refractivity contribution in [2.24, 2.45) is 0 Å². The maximum Gasteiger partial charge on any atom is 0.316 e. The van der Waals surface area contributed by atoms with Crippen LogP contribution in [0.4, 0.5) is 0 Å². The van der Waals surface area contributed by atoms with Gasteiger partial charge in [-0.15, -0.1) is 22.7 Å². The lowest BCUT2D eigenvalue weighted by atomic mass is 10.1. The molecule has 3 aromatic carbocycles. The molecule has 0 bridgehead atoms. The van der Waals surface area contributed by atoms with E-state index in [1.165, 1.54) is 35.3 Å². The second-order valence-corrected chi connectivity index (χ2v) is 14.7. The number of aromatic nitrogens is 6. The highest BCUT2D eigenvalue weighted by Crippen LogP contribution is 2.32. The van der Waals surface area contributed by atoms with Crippen LogP contribution in [0.25, 0.3) is 20.4 Å². The molecule has 7 aromatic rings. The number of benzene rings is 3. The molecule has 270 valence electrons. The molecule has 0 spiro atoms. The van der Waals surface area contributed by atoms with Crippen LogP contribution in [0.15, 0.2) is 97.3 Å². The largest absolute Gasteiger partial charge is 0.467 e. The first-order valence-electron chi connectivity index (χ1n) is 17.3. The molecule has 1 saturated heterocycles. The standard InChI is InChI=1S/C26H26N6OS.C14H10N4OS/c1-31-12-14-32(15-13-31)17-19-6-8-20(9-7-19)18-33-26-28-11-10-22(30-26)21(16-27)25-29-23-4-2-3-5-24(23)34-25;1-19-14-16-7-6-10(18-14)9(8-15)13-17-11-4-2-3-5-12(11)20-13/h2-11,21H,12-15,17-18H2,1H3;2-7,9H,1H3. The summed E-state index contributed by atoms with van der Waals surface area (Å²) >= 11 is 3.02. The Morgan fingerprint density at radius 2 is 1.19 bits per heavy atom. The van der Waals surface area contributed by atoms with Gasteiger partial charge < -0.3 is 14.4 Å². The van der Waals surface area contributed by atoms with Crippen molar-refractivity contribution < 1.29 is 9.47 Å². The van der Waals surface area contributed by atoms with Crippen molar-refractivity contribution in [3.63, 3.8) is 0 Å². The van der Waals surface area contributed by atoms with Gasteiger partial charge in [0.05, 0.1) is 51.1 Å². The van der Waals surface area contributed by atoms with Crippen LogP contribution in [0, 0.1) is 22.7 Å². The van der Waals surface area contributed by atoms with Crippen LogP contribution < -0.4 is 9.47 Å². The van der Waals surface area contributed by atoms with Crippen LogP contribution in [-0.4, -0.2) is 80.0 Å². The highest BCUT2D eigenvalue weighted by molar-refractivity contribution is 7.19. The number of hydrogen-bond acceptors (Lipinski definition) is 14. The molecule has 12 nitrogen and oxygen atoms in total. The van der Waals surface area contributed by atoms with Gasteiger partial charge in [-0.05, 0) is 54.6 Å². The van der Waals surface area contributed by atoms with Crippen molar-refractivity contribution in [1.29, 1.82) is 10.5 Å². The van der Waals surface area contributed by atoms with Crippen molar-refractivity contribution in [2.75, 3.05) is 40.3 Å². The number of nitrogens with zero attached hydrogens (tertiary/aromatic N) is 10. The molecule has 0 radical (unpaired) electrons. The van der Waals surface area contributed by atoms with Crippen molar-refractivity contribution >= 4 is 43.1 Å². The number of piperazine rings is 1. The van der Waals surface area contributed by atoms with E-state index < -0.39 is 11.8 Å². The zero-order valence-electron chi connectivity index (χ0n) is 29.7. The Morgan fingerprint density at radius 1 is 0.667 bits per heavy atom. The summed E-state index contributed by atoms with van der Waals surface area (Å²) in [5.41, 5.74) is 5.34. The summed E-state index contributed by atoms with van der Waals surface area (Å²) in [6, 6.07) is 32.8. The molecule has 2 atom stereocenters. The monoisotopic (exact) mass is 752 g/mol. The number of methoxy groups -OCH3 is 1. The molecule has 1 aliphatic heterocycles. The molecule has 0 saturated carbocycles. The lowest BCUT2D eigenvalue weighted by molar-refractivity contribution is 0.148. The van der Waals surface area contributed by atoms with Gasteiger partial charge in [0.25, 0.3) is 0 Å². The Kier molecular flexibility index (Phi) is 11.7. The number of nitriles is 2. The first kappa shape index (κ1) is 36.5. The van der Waals surface area contributed by atoms with E-state index in [4.69, 9.17) is 9.47 Å². The first-order chi connectivity index (χ1) is 26.5. The van der Waals surface area contributed by atoms with Crippen LogP contribution in [0.2, 0.25) is 0 Å². The van der Waals surface area contributed by atoms with Crippen LogP contribution in [0.5, 0.6) is 12.0 Å². The van der Waals surface area contributed by atoms with Crippen LogP contribution in [0.3, 0.4) is 0 Å². The summed E-state index contributed by atoms with van der Waals surface area (Å²) in [5, 5.41) is 20.7.